The third-order valence-electron chi connectivity index (χ3n) is 3.72. The van der Waals surface area contributed by atoms with Crippen molar-refractivity contribution < 1.29 is 13.7 Å². The Morgan fingerprint density at radius 1 is 0.826 bits per heavy atom. The fraction of sp³-hybridized carbons (Fsp3) is 0.0526. The largest absolute Gasteiger partial charge is 0.496 e. The summed E-state index contributed by atoms with van der Waals surface area (Å²) in [5, 5.41) is 1.88. The van der Waals surface area contributed by atoms with Gasteiger partial charge in [0.05, 0.1) is 12.4 Å². The van der Waals surface area contributed by atoms with E-state index in [4.69, 9.17) is 4.74 Å². The molecule has 0 spiro atoms. The minimum absolute atomic E-state index is 0.293. The van der Waals surface area contributed by atoms with Crippen LogP contribution in [0, 0.1) is 5.82 Å². The van der Waals surface area contributed by atoms with Gasteiger partial charge in [-0.05, 0) is 12.1 Å². The van der Waals surface area contributed by atoms with Gasteiger partial charge in [-0.25, -0.2) is 4.39 Å². The molecule has 0 unspecified atom stereocenters. The van der Waals surface area contributed by atoms with Crippen molar-refractivity contribution in [3.05, 3.63) is 84.7 Å². The third-order valence-corrected chi connectivity index (χ3v) is 6.82. The molecule has 0 N–H and O–H groups in total. The van der Waals surface area contributed by atoms with Crippen molar-refractivity contribution in [1.29, 1.82) is 0 Å². The molecular formula is C19H16FO2P. The zero-order valence-corrected chi connectivity index (χ0v) is 13.5. The number of halogens is 1. The van der Waals surface area contributed by atoms with Gasteiger partial charge in [-0.3, -0.25) is 0 Å². The standard InChI is InChI=1S/C19H16FO2P/c1-22-18-14-15(20)12-13-19(18)23(21,16-8-4-2-5-9-16)17-10-6-3-7-11-17/h2-14H,1H3. The lowest BCUT2D eigenvalue weighted by molar-refractivity contribution is 0.414. The molecule has 0 saturated carbocycles. The summed E-state index contributed by atoms with van der Waals surface area (Å²) in [5.74, 6) is -0.126. The smallest absolute Gasteiger partial charge is 0.174 e. The van der Waals surface area contributed by atoms with Gasteiger partial charge in [-0.15, -0.1) is 0 Å². The van der Waals surface area contributed by atoms with Crippen molar-refractivity contribution in [2.45, 2.75) is 0 Å². The molecular weight excluding hydrogens is 310 g/mol. The Morgan fingerprint density at radius 2 is 1.35 bits per heavy atom. The highest BCUT2D eigenvalue weighted by Gasteiger charge is 2.32. The first kappa shape index (κ1) is 15.5. The lowest BCUT2D eigenvalue weighted by Crippen LogP contribution is -2.26. The van der Waals surface area contributed by atoms with Gasteiger partial charge in [-0.2, -0.15) is 0 Å². The van der Waals surface area contributed by atoms with Crippen molar-refractivity contribution in [3.63, 3.8) is 0 Å². The molecule has 3 aromatic rings. The molecule has 116 valence electrons. The van der Waals surface area contributed by atoms with E-state index in [0.29, 0.717) is 21.7 Å². The van der Waals surface area contributed by atoms with E-state index >= 15 is 0 Å². The second-order valence-corrected chi connectivity index (χ2v) is 7.83. The van der Waals surface area contributed by atoms with Gasteiger partial charge in [-0.1, -0.05) is 60.7 Å². The van der Waals surface area contributed by atoms with Gasteiger partial charge in [0, 0.05) is 16.7 Å². The first-order chi connectivity index (χ1) is 11.2. The number of benzene rings is 3. The monoisotopic (exact) mass is 326 g/mol. The molecule has 0 aliphatic rings. The Balaban J connectivity index is 2.32. The highest BCUT2D eigenvalue weighted by Crippen LogP contribution is 2.45. The summed E-state index contributed by atoms with van der Waals surface area (Å²) in [5.41, 5.74) is 0. The number of hydrogen-bond donors (Lipinski definition) is 0. The molecule has 0 atom stereocenters. The van der Waals surface area contributed by atoms with E-state index in [0.717, 1.165) is 0 Å². The van der Waals surface area contributed by atoms with E-state index in [-0.39, 0.29) is 0 Å². The van der Waals surface area contributed by atoms with Crippen LogP contribution in [0.4, 0.5) is 4.39 Å². The molecule has 0 bridgehead atoms. The first-order valence-corrected chi connectivity index (χ1v) is 8.92. The lowest BCUT2D eigenvalue weighted by Gasteiger charge is -2.22. The minimum Gasteiger partial charge on any atom is -0.496 e. The molecule has 0 fully saturated rings. The average Bonchev–Trinajstić information content (AvgIpc) is 2.62. The average molecular weight is 326 g/mol. The van der Waals surface area contributed by atoms with E-state index in [9.17, 15) is 8.96 Å². The number of rotatable bonds is 4. The summed E-state index contributed by atoms with van der Waals surface area (Å²) in [7, 11) is -1.69. The van der Waals surface area contributed by atoms with Crippen LogP contribution in [0.1, 0.15) is 0 Å². The van der Waals surface area contributed by atoms with Crippen LogP contribution >= 0.6 is 7.14 Å². The molecule has 4 heteroatoms. The predicted molar refractivity (Wildman–Crippen MR) is 92.3 cm³/mol. The molecule has 0 heterocycles. The second-order valence-electron chi connectivity index (χ2n) is 5.10. The van der Waals surface area contributed by atoms with Gasteiger partial charge in [0.25, 0.3) is 0 Å². The maximum Gasteiger partial charge on any atom is 0.174 e. The molecule has 0 aliphatic carbocycles. The van der Waals surface area contributed by atoms with Crippen LogP contribution in [0.5, 0.6) is 5.75 Å². The summed E-state index contributed by atoms with van der Waals surface area (Å²) < 4.78 is 33.0. The molecule has 0 saturated heterocycles. The Kier molecular flexibility index (Phi) is 4.31. The quantitative estimate of drug-likeness (QED) is 0.686. The summed E-state index contributed by atoms with van der Waals surface area (Å²) in [6.07, 6.45) is 0. The third kappa shape index (κ3) is 2.80. The molecule has 0 amide bonds. The van der Waals surface area contributed by atoms with Crippen LogP contribution in [0.3, 0.4) is 0 Å². The van der Waals surface area contributed by atoms with Crippen molar-refractivity contribution in [3.8, 4) is 5.75 Å². The molecule has 0 aromatic heterocycles. The van der Waals surface area contributed by atoms with Crippen LogP contribution in [0.25, 0.3) is 0 Å². The number of methoxy groups -OCH3 is 1. The molecule has 0 radical (unpaired) electrons. The summed E-state index contributed by atoms with van der Waals surface area (Å²) in [6, 6.07) is 22.6. The SMILES string of the molecule is COc1cc(F)ccc1P(=O)(c1ccccc1)c1ccccc1. The van der Waals surface area contributed by atoms with Crippen LogP contribution in [-0.2, 0) is 4.57 Å². The second kappa shape index (κ2) is 6.39. The molecule has 23 heavy (non-hydrogen) atoms. The van der Waals surface area contributed by atoms with Gasteiger partial charge >= 0.3 is 0 Å². The van der Waals surface area contributed by atoms with Crippen LogP contribution < -0.4 is 20.7 Å². The highest BCUT2D eigenvalue weighted by atomic mass is 31.2. The van der Waals surface area contributed by atoms with Gasteiger partial charge < -0.3 is 9.30 Å². The Hall–Kier alpha value is -2.38. The lowest BCUT2D eigenvalue weighted by atomic mass is 10.3. The van der Waals surface area contributed by atoms with Gasteiger partial charge in [0.2, 0.25) is 0 Å². The van der Waals surface area contributed by atoms with E-state index in [1.54, 1.807) is 6.07 Å². The minimum atomic E-state index is -3.14. The normalized spacial score (nSPS) is 11.2. The summed E-state index contributed by atoms with van der Waals surface area (Å²) in [6.45, 7) is 0. The molecule has 3 rings (SSSR count). The Labute approximate surface area is 134 Å². The van der Waals surface area contributed by atoms with Crippen molar-refractivity contribution in [1.82, 2.24) is 0 Å². The Morgan fingerprint density at radius 3 is 1.83 bits per heavy atom. The maximum atomic E-state index is 14.1. The van der Waals surface area contributed by atoms with Crippen molar-refractivity contribution in [2.24, 2.45) is 0 Å². The zero-order valence-electron chi connectivity index (χ0n) is 12.6. The van der Waals surface area contributed by atoms with Crippen molar-refractivity contribution >= 4 is 23.1 Å². The van der Waals surface area contributed by atoms with Crippen molar-refractivity contribution in [2.75, 3.05) is 7.11 Å². The molecule has 2 nitrogen and oxygen atoms in total. The van der Waals surface area contributed by atoms with Crippen LogP contribution in [-0.4, -0.2) is 7.11 Å². The van der Waals surface area contributed by atoms with E-state index < -0.39 is 13.0 Å². The summed E-state index contributed by atoms with van der Waals surface area (Å²) in [4.78, 5) is 0. The van der Waals surface area contributed by atoms with E-state index in [2.05, 4.69) is 0 Å². The van der Waals surface area contributed by atoms with E-state index in [1.165, 1.54) is 19.2 Å². The molecule has 3 aromatic carbocycles. The van der Waals surface area contributed by atoms with Gasteiger partial charge in [0.1, 0.15) is 11.6 Å². The van der Waals surface area contributed by atoms with Crippen LogP contribution in [0.2, 0.25) is 0 Å². The Bertz CT molecular complexity index is 804. The predicted octanol–water partition coefficient (Wildman–Crippen LogP) is 3.47. The maximum absolute atomic E-state index is 14.1. The van der Waals surface area contributed by atoms with E-state index in [1.807, 2.05) is 60.7 Å². The summed E-state index contributed by atoms with van der Waals surface area (Å²) >= 11 is 0. The highest BCUT2D eigenvalue weighted by molar-refractivity contribution is 7.85. The number of ether oxygens (including phenoxy) is 1. The first-order valence-electron chi connectivity index (χ1n) is 7.21. The zero-order chi connectivity index (χ0) is 16.3. The number of hydrogen-bond acceptors (Lipinski definition) is 2. The van der Waals surface area contributed by atoms with Crippen LogP contribution in [0.15, 0.2) is 78.9 Å². The fourth-order valence-corrected chi connectivity index (χ4v) is 5.40. The van der Waals surface area contributed by atoms with Gasteiger partial charge in [0.15, 0.2) is 7.14 Å². The fourth-order valence-electron chi connectivity index (χ4n) is 2.61. The topological polar surface area (TPSA) is 26.3 Å². The molecule has 0 aliphatic heterocycles.